The van der Waals surface area contributed by atoms with Crippen molar-refractivity contribution in [2.24, 2.45) is 0 Å². The van der Waals surface area contributed by atoms with E-state index in [-0.39, 0.29) is 23.4 Å². The first-order valence-electron chi connectivity index (χ1n) is 13.9. The third kappa shape index (κ3) is 6.77. The molecule has 2 nitrogen and oxygen atoms in total. The van der Waals surface area contributed by atoms with E-state index in [0.717, 1.165) is 28.7 Å². The lowest BCUT2D eigenvalue weighted by Crippen LogP contribution is -2.25. The molecule has 0 saturated carbocycles. The summed E-state index contributed by atoms with van der Waals surface area (Å²) in [6.45, 7) is 2.18. The summed E-state index contributed by atoms with van der Waals surface area (Å²) >= 11 is 0. The van der Waals surface area contributed by atoms with Crippen molar-refractivity contribution >= 4 is 0 Å². The number of alkyl halides is 2. The number of pyridine rings is 1. The topological polar surface area (TPSA) is 22.1 Å². The smallest absolute Gasteiger partial charge is 0.429 e. The minimum absolute atomic E-state index is 0.112. The van der Waals surface area contributed by atoms with E-state index in [0.29, 0.717) is 12.1 Å². The number of unbranched alkanes of at least 4 members (excludes halogenated alkanes) is 2. The fourth-order valence-electron chi connectivity index (χ4n) is 4.82. The minimum atomic E-state index is -4.68. The number of hydrogen-bond donors (Lipinski definition) is 0. The van der Waals surface area contributed by atoms with Gasteiger partial charge in [-0.3, -0.25) is 4.98 Å². The van der Waals surface area contributed by atoms with Crippen molar-refractivity contribution in [3.05, 3.63) is 131 Å². The average Bonchev–Trinajstić information content (AvgIpc) is 3.00. The molecule has 226 valence electrons. The van der Waals surface area contributed by atoms with Crippen molar-refractivity contribution in [1.29, 1.82) is 0 Å². The zero-order chi connectivity index (χ0) is 31.4. The second kappa shape index (κ2) is 12.9. The summed E-state index contributed by atoms with van der Waals surface area (Å²) in [5, 5.41) is 0. The second-order valence-corrected chi connectivity index (χ2v) is 10.3. The molecule has 0 saturated heterocycles. The highest BCUT2D eigenvalue weighted by Gasteiger charge is 2.41. The summed E-state index contributed by atoms with van der Waals surface area (Å²) in [5.74, 6) is -10.0. The summed E-state index contributed by atoms with van der Waals surface area (Å²) < 4.78 is 103. The molecule has 0 atom stereocenters. The normalized spacial score (nSPS) is 11.5. The monoisotopic (exact) mass is 609 g/mol. The zero-order valence-electron chi connectivity index (χ0n) is 23.5. The van der Waals surface area contributed by atoms with Crippen molar-refractivity contribution in [2.75, 3.05) is 0 Å². The number of aryl methyl sites for hydroxylation is 1. The van der Waals surface area contributed by atoms with E-state index in [9.17, 15) is 30.7 Å². The standard InChI is InChI=1S/C35H26F7NO/c1-2-3-4-5-21-6-8-22(9-7-21)23-10-12-24(13-11-23)25-14-15-32(43-20-25)26-16-28(36)33(29(37)17-26)35(41,42)44-27-18-30(38)34(40)31(39)19-27/h6-20H,2-5H2,1H3. The van der Waals surface area contributed by atoms with Crippen LogP contribution in [0.3, 0.4) is 0 Å². The average molecular weight is 610 g/mol. The Morgan fingerprint density at radius 1 is 0.614 bits per heavy atom. The molecule has 0 N–H and O–H groups in total. The van der Waals surface area contributed by atoms with Gasteiger partial charge >= 0.3 is 6.11 Å². The Morgan fingerprint density at radius 2 is 1.14 bits per heavy atom. The van der Waals surface area contributed by atoms with Gasteiger partial charge in [0.15, 0.2) is 17.5 Å². The SMILES string of the molecule is CCCCCc1ccc(-c2ccc(-c3ccc(-c4cc(F)c(C(F)(F)Oc5cc(F)c(F)c(F)c5)c(F)c4)nc3)cc2)cc1. The van der Waals surface area contributed by atoms with Crippen LogP contribution >= 0.6 is 0 Å². The Hall–Kier alpha value is -4.66. The number of aromatic nitrogens is 1. The highest BCUT2D eigenvalue weighted by Crippen LogP contribution is 2.37. The van der Waals surface area contributed by atoms with Crippen LogP contribution in [-0.2, 0) is 12.5 Å². The van der Waals surface area contributed by atoms with Gasteiger partial charge in [-0.05, 0) is 53.3 Å². The zero-order valence-corrected chi connectivity index (χ0v) is 23.5. The van der Waals surface area contributed by atoms with Gasteiger partial charge in [-0.1, -0.05) is 74.4 Å². The van der Waals surface area contributed by atoms with Crippen LogP contribution in [0.2, 0.25) is 0 Å². The van der Waals surface area contributed by atoms with Gasteiger partial charge in [0.2, 0.25) is 0 Å². The van der Waals surface area contributed by atoms with Gasteiger partial charge in [-0.15, -0.1) is 0 Å². The number of benzene rings is 4. The summed E-state index contributed by atoms with van der Waals surface area (Å²) in [4.78, 5) is 4.24. The lowest BCUT2D eigenvalue weighted by atomic mass is 9.99. The summed E-state index contributed by atoms with van der Waals surface area (Å²) in [7, 11) is 0. The first-order valence-corrected chi connectivity index (χ1v) is 13.9. The van der Waals surface area contributed by atoms with Crippen LogP contribution < -0.4 is 4.74 Å². The molecule has 4 aromatic carbocycles. The maximum absolute atomic E-state index is 14.8. The number of ether oxygens (including phenoxy) is 1. The highest BCUT2D eigenvalue weighted by molar-refractivity contribution is 5.71. The Labute approximate surface area is 249 Å². The molecule has 0 aliphatic rings. The van der Waals surface area contributed by atoms with Crippen molar-refractivity contribution in [3.8, 4) is 39.3 Å². The number of nitrogens with zero attached hydrogens (tertiary/aromatic N) is 1. The predicted molar refractivity (Wildman–Crippen MR) is 155 cm³/mol. The Morgan fingerprint density at radius 3 is 1.66 bits per heavy atom. The molecule has 9 heteroatoms. The van der Waals surface area contributed by atoms with Crippen LogP contribution in [0, 0.1) is 29.1 Å². The number of hydrogen-bond acceptors (Lipinski definition) is 2. The molecule has 0 radical (unpaired) electrons. The largest absolute Gasteiger partial charge is 0.432 e. The summed E-state index contributed by atoms with van der Waals surface area (Å²) in [6, 6.07) is 21.0. The maximum atomic E-state index is 14.8. The van der Waals surface area contributed by atoms with E-state index in [4.69, 9.17) is 0 Å². The molecule has 0 fully saturated rings. The Balaban J connectivity index is 1.31. The fraction of sp³-hybridized carbons (Fsp3) is 0.171. The molecular formula is C35H26F7NO. The van der Waals surface area contributed by atoms with Crippen LogP contribution in [-0.4, -0.2) is 4.98 Å². The maximum Gasteiger partial charge on any atom is 0.432 e. The molecular weight excluding hydrogens is 583 g/mol. The van der Waals surface area contributed by atoms with E-state index in [2.05, 4.69) is 40.9 Å². The molecule has 0 bridgehead atoms. The Bertz CT molecular complexity index is 1710. The molecule has 0 aliphatic heterocycles. The van der Waals surface area contributed by atoms with Gasteiger partial charge < -0.3 is 4.74 Å². The Kier molecular flexibility index (Phi) is 9.04. The molecule has 0 unspecified atom stereocenters. The lowest BCUT2D eigenvalue weighted by molar-refractivity contribution is -0.189. The van der Waals surface area contributed by atoms with Crippen molar-refractivity contribution in [1.82, 2.24) is 4.98 Å². The van der Waals surface area contributed by atoms with Gasteiger partial charge in [-0.2, -0.15) is 8.78 Å². The van der Waals surface area contributed by atoms with Crippen molar-refractivity contribution in [2.45, 2.75) is 38.7 Å². The second-order valence-electron chi connectivity index (χ2n) is 10.3. The third-order valence-electron chi connectivity index (χ3n) is 7.17. The van der Waals surface area contributed by atoms with Gasteiger partial charge in [0, 0.05) is 29.5 Å². The van der Waals surface area contributed by atoms with Crippen LogP contribution in [0.4, 0.5) is 30.7 Å². The number of rotatable bonds is 10. The molecule has 0 spiro atoms. The summed E-state index contributed by atoms with van der Waals surface area (Å²) in [6.07, 6.45) is 1.44. The molecule has 1 heterocycles. The van der Waals surface area contributed by atoms with Crippen LogP contribution in [0.15, 0.2) is 91.1 Å². The van der Waals surface area contributed by atoms with E-state index in [1.54, 1.807) is 6.07 Å². The number of halogens is 7. The lowest BCUT2D eigenvalue weighted by Gasteiger charge is -2.20. The van der Waals surface area contributed by atoms with E-state index in [1.165, 1.54) is 37.1 Å². The van der Waals surface area contributed by atoms with E-state index < -0.39 is 46.5 Å². The first kappa shape index (κ1) is 30.8. The fourth-order valence-corrected chi connectivity index (χ4v) is 4.82. The van der Waals surface area contributed by atoms with Crippen LogP contribution in [0.1, 0.15) is 37.3 Å². The molecule has 5 rings (SSSR count). The predicted octanol–water partition coefficient (Wildman–Crippen LogP) is 10.6. The third-order valence-corrected chi connectivity index (χ3v) is 7.17. The van der Waals surface area contributed by atoms with Gasteiger partial charge in [0.05, 0.1) is 5.69 Å². The van der Waals surface area contributed by atoms with Crippen LogP contribution in [0.25, 0.3) is 33.5 Å². The molecule has 5 aromatic rings. The van der Waals surface area contributed by atoms with Crippen molar-refractivity contribution in [3.63, 3.8) is 0 Å². The highest BCUT2D eigenvalue weighted by atomic mass is 19.3. The van der Waals surface area contributed by atoms with Gasteiger partial charge in [0.1, 0.15) is 22.9 Å². The minimum Gasteiger partial charge on any atom is -0.429 e. The molecule has 44 heavy (non-hydrogen) atoms. The van der Waals surface area contributed by atoms with Gasteiger partial charge in [0.25, 0.3) is 0 Å². The van der Waals surface area contributed by atoms with Gasteiger partial charge in [-0.25, -0.2) is 22.0 Å². The molecule has 0 aliphatic carbocycles. The van der Waals surface area contributed by atoms with Crippen LogP contribution in [0.5, 0.6) is 5.75 Å². The molecule has 1 aromatic heterocycles. The molecule has 0 amide bonds. The first-order chi connectivity index (χ1) is 21.1. The van der Waals surface area contributed by atoms with E-state index in [1.807, 2.05) is 24.3 Å². The van der Waals surface area contributed by atoms with Crippen molar-refractivity contribution < 1.29 is 35.5 Å². The summed E-state index contributed by atoms with van der Waals surface area (Å²) in [5.41, 5.74) is 3.21. The van der Waals surface area contributed by atoms with E-state index >= 15 is 0 Å². The quantitative estimate of drug-likeness (QED) is 0.0893.